The van der Waals surface area contributed by atoms with E-state index in [0.29, 0.717) is 29.3 Å². The molecule has 1 fully saturated rings. The minimum Gasteiger partial charge on any atom is -0.481 e. The number of rotatable bonds is 9. The largest absolute Gasteiger partial charge is 0.481 e. The maximum Gasteiger partial charge on any atom is 0.304 e. The summed E-state index contributed by atoms with van der Waals surface area (Å²) in [7, 11) is -3.60. The lowest BCUT2D eigenvalue weighted by Gasteiger charge is -2.53. The van der Waals surface area contributed by atoms with Gasteiger partial charge >= 0.3 is 5.97 Å². The van der Waals surface area contributed by atoms with E-state index in [9.17, 15) is 23.1 Å². The van der Waals surface area contributed by atoms with Gasteiger partial charge in [-0.2, -0.15) is 0 Å². The van der Waals surface area contributed by atoms with Crippen molar-refractivity contribution in [2.24, 2.45) is 5.41 Å². The standard InChI is InChI=1S/C29H37Cl2NO5S/c1-6-23(18-38(36,37)28(3,4)5)32-26(19-11-13-21(30)14-12-19)24(20-9-8-10-22(31)15-20)16-29(7-2,27(32)35)17-25(33)34/h8-15,23-24,26H,6-7,16-18H2,1-5H3,(H,33,34)/t23-,24+,26+,29+/m0/s1. The first kappa shape index (κ1) is 30.5. The Kier molecular flexibility index (Phi) is 9.27. The summed E-state index contributed by atoms with van der Waals surface area (Å²) in [6.07, 6.45) is 0.647. The summed E-state index contributed by atoms with van der Waals surface area (Å²) < 4.78 is 25.8. The number of carboxylic acid groups (broad SMARTS) is 1. The van der Waals surface area contributed by atoms with Gasteiger partial charge < -0.3 is 10.0 Å². The predicted octanol–water partition coefficient (Wildman–Crippen LogP) is 6.91. The number of nitrogens with zero attached hydrogens (tertiary/aromatic N) is 1. The van der Waals surface area contributed by atoms with E-state index in [0.717, 1.165) is 11.1 Å². The highest BCUT2D eigenvalue weighted by Crippen LogP contribution is 2.53. The van der Waals surface area contributed by atoms with Crippen LogP contribution in [-0.2, 0) is 19.4 Å². The van der Waals surface area contributed by atoms with Crippen molar-refractivity contribution in [3.8, 4) is 0 Å². The molecular formula is C29H37Cl2NO5S. The van der Waals surface area contributed by atoms with Crippen molar-refractivity contribution in [2.75, 3.05) is 5.75 Å². The maximum absolute atomic E-state index is 14.5. The molecule has 208 valence electrons. The van der Waals surface area contributed by atoms with Crippen LogP contribution in [0.15, 0.2) is 48.5 Å². The molecule has 2 aromatic carbocycles. The van der Waals surface area contributed by atoms with E-state index in [1.807, 2.05) is 44.2 Å². The van der Waals surface area contributed by atoms with Gasteiger partial charge in [0, 0.05) is 22.0 Å². The number of amides is 1. The molecule has 1 saturated heterocycles. The first-order valence-corrected chi connectivity index (χ1v) is 15.3. The molecule has 1 heterocycles. The van der Waals surface area contributed by atoms with Crippen LogP contribution in [0.4, 0.5) is 0 Å². The molecule has 0 bridgehead atoms. The van der Waals surface area contributed by atoms with E-state index < -0.39 is 38.1 Å². The first-order valence-electron chi connectivity index (χ1n) is 12.9. The molecule has 1 amide bonds. The van der Waals surface area contributed by atoms with Crippen LogP contribution in [-0.4, -0.2) is 46.8 Å². The molecule has 0 aliphatic carbocycles. The van der Waals surface area contributed by atoms with Gasteiger partial charge in [-0.25, -0.2) is 8.42 Å². The summed E-state index contributed by atoms with van der Waals surface area (Å²) in [5.74, 6) is -1.93. The normalized spacial score (nSPS) is 23.3. The summed E-state index contributed by atoms with van der Waals surface area (Å²) >= 11 is 12.6. The van der Waals surface area contributed by atoms with Crippen LogP contribution in [0.3, 0.4) is 0 Å². The van der Waals surface area contributed by atoms with E-state index in [4.69, 9.17) is 23.2 Å². The molecule has 4 atom stereocenters. The Balaban J connectivity index is 2.31. The zero-order valence-corrected chi connectivity index (χ0v) is 24.9. The van der Waals surface area contributed by atoms with Crippen LogP contribution in [0.25, 0.3) is 0 Å². The second kappa shape index (κ2) is 11.6. The van der Waals surface area contributed by atoms with E-state index in [2.05, 4.69) is 0 Å². The molecule has 2 aromatic rings. The smallest absolute Gasteiger partial charge is 0.304 e. The van der Waals surface area contributed by atoms with Crippen LogP contribution in [0.5, 0.6) is 0 Å². The minimum absolute atomic E-state index is 0.224. The third kappa shape index (κ3) is 6.21. The fourth-order valence-electron chi connectivity index (χ4n) is 5.45. The van der Waals surface area contributed by atoms with Crippen molar-refractivity contribution >= 4 is 44.9 Å². The van der Waals surface area contributed by atoms with Crippen molar-refractivity contribution in [3.63, 3.8) is 0 Å². The van der Waals surface area contributed by atoms with Gasteiger partial charge in [0.15, 0.2) is 9.84 Å². The van der Waals surface area contributed by atoms with Gasteiger partial charge in [0.25, 0.3) is 0 Å². The summed E-state index contributed by atoms with van der Waals surface area (Å²) in [5.41, 5.74) is 0.478. The fraction of sp³-hybridized carbons (Fsp3) is 0.517. The number of sulfone groups is 1. The Morgan fingerprint density at radius 3 is 2.21 bits per heavy atom. The van der Waals surface area contributed by atoms with Crippen LogP contribution in [0.1, 0.15) is 83.4 Å². The number of aliphatic carboxylic acids is 1. The molecule has 1 aliphatic rings. The summed E-state index contributed by atoms with van der Waals surface area (Å²) in [5, 5.41) is 10.9. The zero-order chi connectivity index (χ0) is 28.5. The number of carbonyl (C=O) groups excluding carboxylic acids is 1. The Labute approximate surface area is 236 Å². The van der Waals surface area contributed by atoms with Gasteiger partial charge in [-0.1, -0.05) is 61.3 Å². The molecule has 0 aromatic heterocycles. The SMILES string of the molecule is CC[C@@H](CS(=O)(=O)C(C)(C)C)N1C(=O)[C@@](CC)(CC(=O)O)C[C@H](c2cccc(Cl)c2)[C@H]1c1ccc(Cl)cc1. The van der Waals surface area contributed by atoms with Crippen molar-refractivity contribution in [3.05, 3.63) is 69.7 Å². The highest BCUT2D eigenvalue weighted by Gasteiger charge is 2.54. The van der Waals surface area contributed by atoms with Crippen LogP contribution >= 0.6 is 23.2 Å². The number of piperidine rings is 1. The van der Waals surface area contributed by atoms with Gasteiger partial charge in [-0.15, -0.1) is 0 Å². The van der Waals surface area contributed by atoms with Gasteiger partial charge in [-0.05, 0) is 75.4 Å². The molecule has 1 aliphatic heterocycles. The van der Waals surface area contributed by atoms with Gasteiger partial charge in [0.05, 0.1) is 28.4 Å². The highest BCUT2D eigenvalue weighted by molar-refractivity contribution is 7.92. The molecule has 0 saturated carbocycles. The molecule has 38 heavy (non-hydrogen) atoms. The Bertz CT molecular complexity index is 1270. The molecule has 6 nitrogen and oxygen atoms in total. The van der Waals surface area contributed by atoms with E-state index in [1.165, 1.54) is 0 Å². The Morgan fingerprint density at radius 1 is 1.08 bits per heavy atom. The second-order valence-corrected chi connectivity index (χ2v) is 14.9. The highest BCUT2D eigenvalue weighted by atomic mass is 35.5. The van der Waals surface area contributed by atoms with Crippen LogP contribution < -0.4 is 0 Å². The number of benzene rings is 2. The van der Waals surface area contributed by atoms with Crippen molar-refractivity contribution in [1.29, 1.82) is 0 Å². The van der Waals surface area contributed by atoms with Gasteiger partial charge in [-0.3, -0.25) is 9.59 Å². The average Bonchev–Trinajstić information content (AvgIpc) is 2.83. The molecule has 0 unspecified atom stereocenters. The average molecular weight is 583 g/mol. The fourth-order valence-corrected chi connectivity index (χ4v) is 7.18. The van der Waals surface area contributed by atoms with E-state index in [1.54, 1.807) is 43.9 Å². The topological polar surface area (TPSA) is 91.8 Å². The quantitative estimate of drug-likeness (QED) is 0.347. The third-order valence-electron chi connectivity index (χ3n) is 7.84. The van der Waals surface area contributed by atoms with E-state index in [-0.39, 0.29) is 24.0 Å². The number of likely N-dealkylation sites (tertiary alicyclic amines) is 1. The molecule has 1 N–H and O–H groups in total. The monoisotopic (exact) mass is 581 g/mol. The number of hydrogen-bond donors (Lipinski definition) is 1. The third-order valence-corrected chi connectivity index (χ3v) is 11.0. The van der Waals surface area contributed by atoms with Crippen LogP contribution in [0.2, 0.25) is 10.0 Å². The second-order valence-electron chi connectivity index (χ2n) is 11.2. The maximum atomic E-state index is 14.5. The first-order chi connectivity index (χ1) is 17.7. The van der Waals surface area contributed by atoms with Gasteiger partial charge in [0.1, 0.15) is 0 Å². The van der Waals surface area contributed by atoms with Crippen molar-refractivity contribution in [2.45, 2.75) is 83.1 Å². The molecule has 3 rings (SSSR count). The lowest BCUT2D eigenvalue weighted by atomic mass is 9.65. The zero-order valence-electron chi connectivity index (χ0n) is 22.6. The molecule has 9 heteroatoms. The van der Waals surface area contributed by atoms with Crippen molar-refractivity contribution < 1.29 is 23.1 Å². The Hall–Kier alpha value is -2.09. The number of carboxylic acids is 1. The Morgan fingerprint density at radius 2 is 1.71 bits per heavy atom. The summed E-state index contributed by atoms with van der Waals surface area (Å²) in [4.78, 5) is 28.2. The van der Waals surface area contributed by atoms with E-state index >= 15 is 0 Å². The molecular weight excluding hydrogens is 545 g/mol. The van der Waals surface area contributed by atoms with Crippen LogP contribution in [0, 0.1) is 5.41 Å². The number of hydrogen-bond acceptors (Lipinski definition) is 4. The lowest BCUT2D eigenvalue weighted by Crippen LogP contribution is -2.58. The van der Waals surface area contributed by atoms with Crippen molar-refractivity contribution in [1.82, 2.24) is 4.90 Å². The summed E-state index contributed by atoms with van der Waals surface area (Å²) in [6.45, 7) is 8.64. The number of halogens is 2. The summed E-state index contributed by atoms with van der Waals surface area (Å²) in [6, 6.07) is 13.4. The molecule has 0 spiro atoms. The van der Waals surface area contributed by atoms with Gasteiger partial charge in [0.2, 0.25) is 5.91 Å². The minimum atomic E-state index is -3.60. The molecule has 0 radical (unpaired) electrons. The lowest BCUT2D eigenvalue weighted by molar-refractivity contribution is -0.161. The predicted molar refractivity (Wildman–Crippen MR) is 152 cm³/mol. The number of carbonyl (C=O) groups is 2.